The number of benzene rings is 1. The second kappa shape index (κ2) is 6.06. The molecule has 0 aromatic heterocycles. The molecule has 0 saturated carbocycles. The highest BCUT2D eigenvalue weighted by Gasteiger charge is 2.42. The number of hydrogen-bond acceptors (Lipinski definition) is 2. The van der Waals surface area contributed by atoms with Gasteiger partial charge in [0.2, 0.25) is 11.8 Å². The van der Waals surface area contributed by atoms with Crippen LogP contribution in [0.15, 0.2) is 18.2 Å². The summed E-state index contributed by atoms with van der Waals surface area (Å²) in [5.74, 6) is -0.157. The van der Waals surface area contributed by atoms with Crippen LogP contribution in [0.1, 0.15) is 32.8 Å². The molecule has 1 saturated heterocycles. The van der Waals surface area contributed by atoms with Crippen molar-refractivity contribution in [1.82, 2.24) is 5.32 Å². The molecule has 1 heterocycles. The lowest BCUT2D eigenvalue weighted by molar-refractivity contribution is -0.134. The van der Waals surface area contributed by atoms with Crippen LogP contribution in [-0.4, -0.2) is 23.9 Å². The van der Waals surface area contributed by atoms with Crippen LogP contribution in [0.4, 0.5) is 5.69 Å². The van der Waals surface area contributed by atoms with Crippen LogP contribution < -0.4 is 10.2 Å². The molecule has 1 aliphatic heterocycles. The number of nitrogens with zero attached hydrogens (tertiary/aromatic N) is 1. The lowest BCUT2D eigenvalue weighted by Crippen LogP contribution is -2.65. The van der Waals surface area contributed by atoms with E-state index in [1.807, 2.05) is 39.8 Å². The quantitative estimate of drug-likeness (QED) is 0.933. The molecule has 2 unspecified atom stereocenters. The van der Waals surface area contributed by atoms with E-state index in [-0.39, 0.29) is 17.7 Å². The summed E-state index contributed by atoms with van der Waals surface area (Å²) >= 11 is 6.18. The summed E-state index contributed by atoms with van der Waals surface area (Å²) < 4.78 is 0. The minimum absolute atomic E-state index is 0.0202. The van der Waals surface area contributed by atoms with Gasteiger partial charge in [-0.25, -0.2) is 0 Å². The van der Waals surface area contributed by atoms with Gasteiger partial charge in [0.25, 0.3) is 0 Å². The van der Waals surface area contributed by atoms with Gasteiger partial charge >= 0.3 is 0 Å². The second-order valence-corrected chi connectivity index (χ2v) is 6.21. The molecule has 4 nitrogen and oxygen atoms in total. The fourth-order valence-corrected chi connectivity index (χ4v) is 2.81. The third-order valence-electron chi connectivity index (χ3n) is 3.87. The van der Waals surface area contributed by atoms with Gasteiger partial charge in [0.05, 0.1) is 0 Å². The maximum Gasteiger partial charge on any atom is 0.250 e. The molecular formula is C16H21ClN2O2. The molecule has 1 aromatic carbocycles. The minimum atomic E-state index is -0.501. The van der Waals surface area contributed by atoms with E-state index in [4.69, 9.17) is 11.6 Å². The Balaban J connectivity index is 2.49. The van der Waals surface area contributed by atoms with Crippen molar-refractivity contribution in [2.75, 3.05) is 4.90 Å². The van der Waals surface area contributed by atoms with Crippen molar-refractivity contribution in [3.05, 3.63) is 28.8 Å². The summed E-state index contributed by atoms with van der Waals surface area (Å²) in [4.78, 5) is 26.6. The number of piperazine rings is 1. The van der Waals surface area contributed by atoms with Crippen molar-refractivity contribution < 1.29 is 9.59 Å². The Morgan fingerprint density at radius 2 is 2.00 bits per heavy atom. The third kappa shape index (κ3) is 2.91. The molecule has 0 spiro atoms. The van der Waals surface area contributed by atoms with Crippen LogP contribution in [0, 0.1) is 12.8 Å². The van der Waals surface area contributed by atoms with Crippen LogP contribution in [0.25, 0.3) is 0 Å². The molecule has 0 radical (unpaired) electrons. The van der Waals surface area contributed by atoms with Gasteiger partial charge in [-0.1, -0.05) is 38.4 Å². The molecule has 114 valence electrons. The fourth-order valence-electron chi connectivity index (χ4n) is 2.64. The highest BCUT2D eigenvalue weighted by atomic mass is 35.5. The Kier molecular flexibility index (Phi) is 4.57. The molecule has 2 amide bonds. The van der Waals surface area contributed by atoms with Crippen LogP contribution in [0.2, 0.25) is 5.02 Å². The van der Waals surface area contributed by atoms with Gasteiger partial charge in [0, 0.05) is 10.7 Å². The first kappa shape index (κ1) is 15.8. The molecule has 2 rings (SSSR count). The summed E-state index contributed by atoms with van der Waals surface area (Å²) in [5.41, 5.74) is 1.63. The highest BCUT2D eigenvalue weighted by molar-refractivity contribution is 6.31. The van der Waals surface area contributed by atoms with Gasteiger partial charge in [-0.2, -0.15) is 0 Å². The van der Waals surface area contributed by atoms with Crippen molar-refractivity contribution in [2.24, 2.45) is 5.92 Å². The zero-order valence-corrected chi connectivity index (χ0v) is 13.6. The average molecular weight is 309 g/mol. The average Bonchev–Trinajstić information content (AvgIpc) is 2.43. The first-order valence-electron chi connectivity index (χ1n) is 7.26. The SMILES string of the molecule is CCC1NC(=O)C(C(C)C)N(c2ccc(C)c(Cl)c2)C1=O. The zero-order chi connectivity index (χ0) is 15.7. The largest absolute Gasteiger partial charge is 0.342 e. The molecule has 1 N–H and O–H groups in total. The van der Waals surface area contributed by atoms with E-state index < -0.39 is 12.1 Å². The van der Waals surface area contributed by atoms with Crippen molar-refractivity contribution in [3.63, 3.8) is 0 Å². The number of carbonyl (C=O) groups is 2. The monoisotopic (exact) mass is 308 g/mol. The van der Waals surface area contributed by atoms with Crippen molar-refractivity contribution in [2.45, 2.75) is 46.2 Å². The molecule has 21 heavy (non-hydrogen) atoms. The maximum atomic E-state index is 12.7. The van der Waals surface area contributed by atoms with E-state index >= 15 is 0 Å². The predicted molar refractivity (Wildman–Crippen MR) is 84.5 cm³/mol. The lowest BCUT2D eigenvalue weighted by Gasteiger charge is -2.40. The maximum absolute atomic E-state index is 12.7. The van der Waals surface area contributed by atoms with E-state index in [2.05, 4.69) is 5.32 Å². The normalized spacial score (nSPS) is 22.7. The molecule has 0 aliphatic carbocycles. The Labute approximate surface area is 130 Å². The van der Waals surface area contributed by atoms with Gasteiger partial charge in [0.1, 0.15) is 12.1 Å². The van der Waals surface area contributed by atoms with Crippen molar-refractivity contribution in [1.29, 1.82) is 0 Å². The van der Waals surface area contributed by atoms with E-state index in [1.165, 1.54) is 0 Å². The first-order valence-corrected chi connectivity index (χ1v) is 7.64. The smallest absolute Gasteiger partial charge is 0.250 e. The number of amides is 2. The lowest BCUT2D eigenvalue weighted by atomic mass is 9.95. The number of aryl methyl sites for hydroxylation is 1. The van der Waals surface area contributed by atoms with Gasteiger partial charge in [-0.3, -0.25) is 14.5 Å². The van der Waals surface area contributed by atoms with Crippen LogP contribution in [0.3, 0.4) is 0 Å². The number of anilines is 1. The first-order chi connectivity index (χ1) is 9.86. The fraction of sp³-hybridized carbons (Fsp3) is 0.500. The molecule has 2 atom stereocenters. The highest BCUT2D eigenvalue weighted by Crippen LogP contribution is 2.29. The summed E-state index contributed by atoms with van der Waals surface area (Å²) in [5, 5.41) is 3.41. The number of carbonyl (C=O) groups excluding carboxylic acids is 2. The molecule has 0 bridgehead atoms. The molecule has 1 aromatic rings. The topological polar surface area (TPSA) is 49.4 Å². The van der Waals surface area contributed by atoms with Gasteiger partial charge in [0.15, 0.2) is 0 Å². The molecule has 1 aliphatic rings. The molecule has 5 heteroatoms. The van der Waals surface area contributed by atoms with Crippen molar-refractivity contribution in [3.8, 4) is 0 Å². The van der Waals surface area contributed by atoms with E-state index in [0.717, 1.165) is 5.56 Å². The second-order valence-electron chi connectivity index (χ2n) is 5.80. The van der Waals surface area contributed by atoms with Crippen LogP contribution >= 0.6 is 11.6 Å². The van der Waals surface area contributed by atoms with Gasteiger partial charge in [-0.05, 0) is 37.0 Å². The van der Waals surface area contributed by atoms with Gasteiger partial charge in [-0.15, -0.1) is 0 Å². The van der Waals surface area contributed by atoms with Crippen molar-refractivity contribution >= 4 is 29.1 Å². The van der Waals surface area contributed by atoms with E-state index in [9.17, 15) is 9.59 Å². The van der Waals surface area contributed by atoms with Gasteiger partial charge < -0.3 is 5.32 Å². The summed E-state index contributed by atoms with van der Waals surface area (Å²) in [6, 6.07) is 4.51. The Morgan fingerprint density at radius 3 is 2.52 bits per heavy atom. The molecule has 1 fully saturated rings. The number of rotatable bonds is 3. The van der Waals surface area contributed by atoms with E-state index in [1.54, 1.807) is 11.0 Å². The minimum Gasteiger partial charge on any atom is -0.342 e. The number of nitrogens with one attached hydrogen (secondary N) is 1. The van der Waals surface area contributed by atoms with E-state index in [0.29, 0.717) is 17.1 Å². The van der Waals surface area contributed by atoms with Crippen LogP contribution in [0.5, 0.6) is 0 Å². The number of hydrogen-bond donors (Lipinski definition) is 1. The summed E-state index contributed by atoms with van der Waals surface area (Å²) in [7, 11) is 0. The third-order valence-corrected chi connectivity index (χ3v) is 4.28. The summed E-state index contributed by atoms with van der Waals surface area (Å²) in [6.07, 6.45) is 0.575. The summed E-state index contributed by atoms with van der Waals surface area (Å²) in [6.45, 7) is 7.67. The Bertz CT molecular complexity index is 571. The van der Waals surface area contributed by atoms with Crippen LogP contribution in [-0.2, 0) is 9.59 Å². The predicted octanol–water partition coefficient (Wildman–Crippen LogP) is 2.91. The Hall–Kier alpha value is -1.55. The molecular weight excluding hydrogens is 288 g/mol. The standard InChI is InChI=1S/C16H21ClN2O2/c1-5-13-16(21)19(14(9(2)3)15(20)18-13)11-7-6-10(4)12(17)8-11/h6-9,13-14H,5H2,1-4H3,(H,18,20). The zero-order valence-electron chi connectivity index (χ0n) is 12.8. The Morgan fingerprint density at radius 1 is 1.33 bits per heavy atom. The number of halogens is 1.